The van der Waals surface area contributed by atoms with Crippen LogP contribution in [0.1, 0.15) is 56.9 Å². The van der Waals surface area contributed by atoms with Crippen molar-refractivity contribution >= 4 is 50.9 Å². The molecule has 9 nitrogen and oxygen atoms in total. The van der Waals surface area contributed by atoms with E-state index < -0.39 is 20.4 Å². The summed E-state index contributed by atoms with van der Waals surface area (Å²) in [6.45, 7) is 3.10. The highest BCUT2D eigenvalue weighted by atomic mass is 35.5. The number of carbonyl (C=O) groups excluding carboxylic acids is 2. The molecule has 0 radical (unpaired) electrons. The Kier molecular flexibility index (Phi) is 11.1. The number of ether oxygens (including phenoxy) is 1. The van der Waals surface area contributed by atoms with Crippen LogP contribution in [-0.2, 0) is 29.9 Å². The van der Waals surface area contributed by atoms with Crippen molar-refractivity contribution in [2.24, 2.45) is 5.92 Å². The maximum absolute atomic E-state index is 13.9. The SMILES string of the molecule is O=C(C[N+]12CCC(CC1)[C@@H](OC(=O)C1(c3ccccc3)CCCCCC1)C2)Nc1cccnc1.O=S(=O)([O-])c1cc(Cl)ccc1Cl. The van der Waals surface area contributed by atoms with Crippen molar-refractivity contribution in [2.75, 3.05) is 31.5 Å². The molecule has 4 aliphatic rings. The summed E-state index contributed by atoms with van der Waals surface area (Å²) in [4.78, 5) is 30.3. The molecule has 1 aliphatic carbocycles. The number of piperidine rings is 3. The second-order valence-electron chi connectivity index (χ2n) is 12.6. The van der Waals surface area contributed by atoms with Crippen LogP contribution in [0.3, 0.4) is 0 Å². The lowest BCUT2D eigenvalue weighted by atomic mass is 9.74. The highest BCUT2D eigenvalue weighted by molar-refractivity contribution is 7.85. The average molecular weight is 689 g/mol. The van der Waals surface area contributed by atoms with Crippen molar-refractivity contribution in [2.45, 2.75) is 67.8 Å². The maximum atomic E-state index is 13.9. The van der Waals surface area contributed by atoms with Crippen molar-refractivity contribution in [3.63, 3.8) is 0 Å². The normalized spacial score (nSPS) is 23.7. The fraction of sp³-hybridized carbons (Fsp3) is 0.441. The van der Waals surface area contributed by atoms with E-state index in [0.29, 0.717) is 16.9 Å². The zero-order valence-corrected chi connectivity index (χ0v) is 27.9. The summed E-state index contributed by atoms with van der Waals surface area (Å²) in [5.74, 6) is 0.365. The first-order chi connectivity index (χ1) is 22.0. The van der Waals surface area contributed by atoms with E-state index >= 15 is 0 Å². The van der Waals surface area contributed by atoms with Gasteiger partial charge in [0.2, 0.25) is 0 Å². The van der Waals surface area contributed by atoms with E-state index in [1.165, 1.54) is 25.0 Å². The van der Waals surface area contributed by atoms with Crippen LogP contribution in [-0.4, -0.2) is 66.6 Å². The van der Waals surface area contributed by atoms with Gasteiger partial charge >= 0.3 is 5.97 Å². The predicted molar refractivity (Wildman–Crippen MR) is 175 cm³/mol. The molecule has 246 valence electrons. The Morgan fingerprint density at radius 2 is 1.67 bits per heavy atom. The van der Waals surface area contributed by atoms with E-state index in [1.807, 2.05) is 30.3 Å². The number of hydrogen-bond donors (Lipinski definition) is 1. The molecule has 3 aromatic rings. The largest absolute Gasteiger partial charge is 0.744 e. The lowest BCUT2D eigenvalue weighted by Crippen LogP contribution is -2.66. The van der Waals surface area contributed by atoms with Crippen molar-refractivity contribution < 1.29 is 31.8 Å². The average Bonchev–Trinajstić information content (AvgIpc) is 3.31. The number of nitrogens with zero attached hydrogens (tertiary/aromatic N) is 2. The van der Waals surface area contributed by atoms with Gasteiger partial charge in [0.15, 0.2) is 12.6 Å². The van der Waals surface area contributed by atoms with Crippen LogP contribution in [0, 0.1) is 5.92 Å². The Balaban J connectivity index is 0.000000293. The fourth-order valence-electron chi connectivity index (χ4n) is 7.14. The fourth-order valence-corrected chi connectivity index (χ4v) is 8.35. The van der Waals surface area contributed by atoms with Gasteiger partial charge in [-0.15, -0.1) is 0 Å². The second kappa shape index (κ2) is 14.8. The first kappa shape index (κ1) is 34.3. The van der Waals surface area contributed by atoms with Crippen molar-refractivity contribution in [1.82, 2.24) is 4.98 Å². The summed E-state index contributed by atoms with van der Waals surface area (Å²) in [5.41, 5.74) is 1.29. The van der Waals surface area contributed by atoms with Crippen molar-refractivity contribution in [1.29, 1.82) is 0 Å². The molecule has 12 heteroatoms. The molecule has 0 unspecified atom stereocenters. The highest BCUT2D eigenvalue weighted by Crippen LogP contribution is 2.42. The molecule has 2 aromatic carbocycles. The third-order valence-electron chi connectivity index (χ3n) is 9.56. The number of nitrogens with one attached hydrogen (secondary N) is 1. The minimum atomic E-state index is -4.52. The lowest BCUT2D eigenvalue weighted by Gasteiger charge is -2.52. The van der Waals surface area contributed by atoms with Crippen LogP contribution in [0.15, 0.2) is 78.0 Å². The minimum Gasteiger partial charge on any atom is -0.744 e. The smallest absolute Gasteiger partial charge is 0.317 e. The summed E-state index contributed by atoms with van der Waals surface area (Å²) in [6, 6.07) is 17.6. The predicted octanol–water partition coefficient (Wildman–Crippen LogP) is 6.36. The number of benzene rings is 2. The summed E-state index contributed by atoms with van der Waals surface area (Å²) in [5, 5.41) is 3.03. The maximum Gasteiger partial charge on any atom is 0.317 e. The summed E-state index contributed by atoms with van der Waals surface area (Å²) < 4.78 is 38.6. The van der Waals surface area contributed by atoms with Gasteiger partial charge < -0.3 is 19.1 Å². The monoisotopic (exact) mass is 687 g/mol. The number of esters is 1. The minimum absolute atomic E-state index is 0.00273. The Morgan fingerprint density at radius 3 is 2.28 bits per heavy atom. The lowest BCUT2D eigenvalue weighted by molar-refractivity contribution is -0.939. The van der Waals surface area contributed by atoms with Gasteiger partial charge in [-0.1, -0.05) is 79.2 Å². The molecule has 1 atom stereocenters. The number of fused-ring (bicyclic) bond motifs is 3. The number of rotatable bonds is 7. The summed E-state index contributed by atoms with van der Waals surface area (Å²) in [6.07, 6.45) is 11.5. The quantitative estimate of drug-likeness (QED) is 0.133. The number of halogens is 2. The molecule has 3 saturated heterocycles. The molecular weight excluding hydrogens is 649 g/mol. The van der Waals surface area contributed by atoms with E-state index in [-0.39, 0.29) is 28.0 Å². The second-order valence-corrected chi connectivity index (χ2v) is 14.8. The third-order valence-corrected chi connectivity index (χ3v) is 11.1. The Hall–Kier alpha value is -3.02. The van der Waals surface area contributed by atoms with Crippen LogP contribution >= 0.6 is 23.2 Å². The molecule has 7 rings (SSSR count). The highest BCUT2D eigenvalue weighted by Gasteiger charge is 2.51. The number of quaternary nitrogens is 1. The summed E-state index contributed by atoms with van der Waals surface area (Å²) in [7, 11) is -4.52. The number of anilines is 1. The molecule has 0 spiro atoms. The van der Waals surface area contributed by atoms with Gasteiger partial charge in [0, 0.05) is 30.0 Å². The molecule has 1 amide bonds. The Labute approximate surface area is 280 Å². The Bertz CT molecular complexity index is 1610. The van der Waals surface area contributed by atoms with Crippen LogP contribution in [0.5, 0.6) is 0 Å². The molecule has 3 aliphatic heterocycles. The molecular formula is C34H39Cl2N3O6S. The van der Waals surface area contributed by atoms with Crippen molar-refractivity contribution in [3.8, 4) is 0 Å². The van der Waals surface area contributed by atoms with Crippen LogP contribution < -0.4 is 5.32 Å². The van der Waals surface area contributed by atoms with Crippen LogP contribution in [0.4, 0.5) is 5.69 Å². The third kappa shape index (κ3) is 8.27. The first-order valence-electron chi connectivity index (χ1n) is 15.7. The van der Waals surface area contributed by atoms with Gasteiger partial charge in [0.05, 0.1) is 40.3 Å². The summed E-state index contributed by atoms with van der Waals surface area (Å²) >= 11 is 10.9. The number of carbonyl (C=O) groups is 2. The molecule has 1 N–H and O–H groups in total. The number of amides is 1. The van der Waals surface area contributed by atoms with Gasteiger partial charge in [-0.25, -0.2) is 8.42 Å². The number of aromatic nitrogens is 1. The van der Waals surface area contributed by atoms with E-state index in [9.17, 15) is 22.6 Å². The number of hydrogen-bond acceptors (Lipinski definition) is 7. The zero-order valence-electron chi connectivity index (χ0n) is 25.6. The van der Waals surface area contributed by atoms with E-state index in [2.05, 4.69) is 22.4 Å². The molecule has 1 saturated carbocycles. The molecule has 4 heterocycles. The van der Waals surface area contributed by atoms with Gasteiger partial charge in [0.1, 0.15) is 16.7 Å². The van der Waals surface area contributed by atoms with E-state index in [4.69, 9.17) is 27.9 Å². The van der Waals surface area contributed by atoms with Crippen molar-refractivity contribution in [3.05, 3.63) is 88.7 Å². The standard InChI is InChI=1S/C28H35N3O3.C6H4Cl2O3S/c32-26(30-24-11-8-16-29-19-24)21-31-17-12-22(13-18-31)25(20-31)34-27(33)28(14-6-1-2-7-15-28)23-9-4-3-5-10-23;7-4-1-2-5(8)6(3-4)12(9,10)11/h3-5,8-11,16,19,22,25H,1-2,6-7,12-15,17-18,20-21H2;1-3H,(H,9,10,11)/t22?,25-,31?;/m0./s1. The first-order valence-corrected chi connectivity index (χ1v) is 17.9. The molecule has 4 fully saturated rings. The van der Waals surface area contributed by atoms with Crippen LogP contribution in [0.2, 0.25) is 10.0 Å². The van der Waals surface area contributed by atoms with E-state index in [1.54, 1.807) is 12.4 Å². The number of pyridine rings is 1. The molecule has 2 bridgehead atoms. The van der Waals surface area contributed by atoms with Gasteiger partial charge in [-0.2, -0.15) is 0 Å². The molecule has 1 aromatic heterocycles. The van der Waals surface area contributed by atoms with Crippen LogP contribution in [0.25, 0.3) is 0 Å². The molecule has 46 heavy (non-hydrogen) atoms. The van der Waals surface area contributed by atoms with Gasteiger partial charge in [0.25, 0.3) is 5.91 Å². The van der Waals surface area contributed by atoms with E-state index in [0.717, 1.165) is 75.5 Å². The Morgan fingerprint density at radius 1 is 0.978 bits per heavy atom. The zero-order chi connectivity index (χ0) is 32.8. The van der Waals surface area contributed by atoms with Gasteiger partial charge in [-0.05, 0) is 48.7 Å². The van der Waals surface area contributed by atoms with Gasteiger partial charge in [-0.3, -0.25) is 14.6 Å². The topological polar surface area (TPSA) is 125 Å².